The Balaban J connectivity index is 1.71. The summed E-state index contributed by atoms with van der Waals surface area (Å²) in [4.78, 5) is 23.1. The van der Waals surface area contributed by atoms with E-state index in [4.69, 9.17) is 14.3 Å². The number of carbonyl (C=O) groups is 2. The number of hydrogen-bond donors (Lipinski definition) is 2. The highest BCUT2D eigenvalue weighted by molar-refractivity contribution is 6.03. The van der Waals surface area contributed by atoms with E-state index >= 15 is 0 Å². The molecule has 3 rings (SSSR count). The number of carboxylic acid groups (broad SMARTS) is 1. The predicted octanol–water partition coefficient (Wildman–Crippen LogP) is 3.81. The van der Waals surface area contributed by atoms with Gasteiger partial charge >= 0.3 is 5.97 Å². The van der Waals surface area contributed by atoms with E-state index in [0.29, 0.717) is 5.69 Å². The Bertz CT molecular complexity index is 886. The first kappa shape index (κ1) is 16.3. The van der Waals surface area contributed by atoms with Crippen molar-refractivity contribution in [2.24, 2.45) is 0 Å². The second kappa shape index (κ2) is 7.35. The van der Waals surface area contributed by atoms with Crippen LogP contribution in [-0.2, 0) is 6.61 Å². The van der Waals surface area contributed by atoms with Crippen molar-refractivity contribution in [3.05, 3.63) is 83.8 Å². The SMILES string of the molecule is O=C(O)c1ccc(C(=O)Nc2ccccc2COc2ccccc2)o1. The number of carboxylic acids is 1. The number of anilines is 1. The van der Waals surface area contributed by atoms with E-state index in [0.717, 1.165) is 11.3 Å². The van der Waals surface area contributed by atoms with Crippen LogP contribution in [0.2, 0.25) is 0 Å². The van der Waals surface area contributed by atoms with Crippen LogP contribution in [0.5, 0.6) is 5.75 Å². The third kappa shape index (κ3) is 4.06. The van der Waals surface area contributed by atoms with Crippen molar-refractivity contribution in [2.75, 3.05) is 5.32 Å². The Labute approximate surface area is 143 Å². The molecular formula is C19H15NO5. The standard InChI is InChI=1S/C19H15NO5/c21-18(16-10-11-17(25-16)19(22)23)20-15-9-5-4-6-13(15)12-24-14-7-2-1-3-8-14/h1-11H,12H2,(H,20,21)(H,22,23). The predicted molar refractivity (Wildman–Crippen MR) is 90.8 cm³/mol. The fraction of sp³-hybridized carbons (Fsp3) is 0.0526. The third-order valence-corrected chi connectivity index (χ3v) is 3.44. The molecule has 0 saturated heterocycles. The highest BCUT2D eigenvalue weighted by Gasteiger charge is 2.16. The molecule has 6 heteroatoms. The Morgan fingerprint density at radius 3 is 2.32 bits per heavy atom. The van der Waals surface area contributed by atoms with Gasteiger partial charge in [0.25, 0.3) is 5.91 Å². The van der Waals surface area contributed by atoms with Crippen LogP contribution in [0.25, 0.3) is 0 Å². The molecule has 1 heterocycles. The number of para-hydroxylation sites is 2. The van der Waals surface area contributed by atoms with E-state index in [2.05, 4.69) is 5.32 Å². The third-order valence-electron chi connectivity index (χ3n) is 3.44. The molecule has 3 aromatic rings. The van der Waals surface area contributed by atoms with Gasteiger partial charge in [-0.05, 0) is 30.3 Å². The molecule has 2 aromatic carbocycles. The lowest BCUT2D eigenvalue weighted by Crippen LogP contribution is -2.13. The van der Waals surface area contributed by atoms with Gasteiger partial charge in [0.2, 0.25) is 5.76 Å². The first-order valence-corrected chi connectivity index (χ1v) is 7.54. The molecule has 1 amide bonds. The summed E-state index contributed by atoms with van der Waals surface area (Å²) in [7, 11) is 0. The van der Waals surface area contributed by atoms with E-state index in [9.17, 15) is 9.59 Å². The zero-order chi connectivity index (χ0) is 17.6. The lowest BCUT2D eigenvalue weighted by molar-refractivity contribution is 0.0660. The van der Waals surface area contributed by atoms with Gasteiger partial charge in [-0.1, -0.05) is 36.4 Å². The molecule has 0 radical (unpaired) electrons. The normalized spacial score (nSPS) is 10.2. The van der Waals surface area contributed by atoms with Crippen molar-refractivity contribution in [1.82, 2.24) is 0 Å². The summed E-state index contributed by atoms with van der Waals surface area (Å²) >= 11 is 0. The quantitative estimate of drug-likeness (QED) is 0.714. The van der Waals surface area contributed by atoms with Crippen molar-refractivity contribution in [3.63, 3.8) is 0 Å². The molecule has 126 valence electrons. The van der Waals surface area contributed by atoms with Gasteiger partial charge in [-0.15, -0.1) is 0 Å². The number of hydrogen-bond acceptors (Lipinski definition) is 4. The lowest BCUT2D eigenvalue weighted by Gasteiger charge is -2.11. The molecule has 0 unspecified atom stereocenters. The monoisotopic (exact) mass is 337 g/mol. The highest BCUT2D eigenvalue weighted by atomic mass is 16.5. The van der Waals surface area contributed by atoms with Crippen LogP contribution in [0.3, 0.4) is 0 Å². The topological polar surface area (TPSA) is 88.8 Å². The minimum absolute atomic E-state index is 0.0730. The molecular weight excluding hydrogens is 322 g/mol. The second-order valence-corrected chi connectivity index (χ2v) is 5.18. The van der Waals surface area contributed by atoms with E-state index in [1.54, 1.807) is 12.1 Å². The van der Waals surface area contributed by atoms with Gasteiger partial charge in [-0.3, -0.25) is 4.79 Å². The lowest BCUT2D eigenvalue weighted by atomic mass is 10.2. The number of benzene rings is 2. The molecule has 25 heavy (non-hydrogen) atoms. The van der Waals surface area contributed by atoms with Crippen molar-refractivity contribution in [1.29, 1.82) is 0 Å². The Morgan fingerprint density at radius 1 is 0.920 bits per heavy atom. The van der Waals surface area contributed by atoms with Crippen LogP contribution in [0.1, 0.15) is 26.7 Å². The minimum atomic E-state index is -1.23. The number of nitrogens with one attached hydrogen (secondary N) is 1. The summed E-state index contributed by atoms with van der Waals surface area (Å²) < 4.78 is 10.7. The van der Waals surface area contributed by atoms with Gasteiger partial charge in [0.15, 0.2) is 5.76 Å². The van der Waals surface area contributed by atoms with Crippen molar-refractivity contribution in [3.8, 4) is 5.75 Å². The summed E-state index contributed by atoms with van der Waals surface area (Å²) in [6, 6.07) is 19.1. The van der Waals surface area contributed by atoms with Gasteiger partial charge in [0.1, 0.15) is 12.4 Å². The molecule has 0 bridgehead atoms. The van der Waals surface area contributed by atoms with Crippen molar-refractivity contribution < 1.29 is 23.8 Å². The zero-order valence-corrected chi connectivity index (χ0v) is 13.1. The molecule has 0 fully saturated rings. The number of ether oxygens (including phenoxy) is 1. The fourth-order valence-corrected chi connectivity index (χ4v) is 2.20. The number of furan rings is 1. The van der Waals surface area contributed by atoms with Crippen LogP contribution in [0.15, 0.2) is 71.1 Å². The van der Waals surface area contributed by atoms with E-state index in [1.165, 1.54) is 12.1 Å². The average Bonchev–Trinajstić information content (AvgIpc) is 3.12. The maximum Gasteiger partial charge on any atom is 0.371 e. The van der Waals surface area contributed by atoms with Gasteiger partial charge in [0.05, 0.1) is 0 Å². The first-order chi connectivity index (χ1) is 12.1. The Morgan fingerprint density at radius 2 is 1.60 bits per heavy atom. The van der Waals surface area contributed by atoms with Gasteiger partial charge < -0.3 is 19.6 Å². The van der Waals surface area contributed by atoms with Crippen LogP contribution < -0.4 is 10.1 Å². The van der Waals surface area contributed by atoms with E-state index < -0.39 is 11.9 Å². The molecule has 2 N–H and O–H groups in total. The van der Waals surface area contributed by atoms with Crippen LogP contribution in [-0.4, -0.2) is 17.0 Å². The van der Waals surface area contributed by atoms with Crippen LogP contribution in [0.4, 0.5) is 5.69 Å². The maximum absolute atomic E-state index is 12.2. The summed E-state index contributed by atoms with van der Waals surface area (Å²) in [5, 5.41) is 11.6. The molecule has 0 saturated carbocycles. The fourth-order valence-electron chi connectivity index (χ4n) is 2.20. The van der Waals surface area contributed by atoms with Gasteiger partial charge in [-0.2, -0.15) is 0 Å². The molecule has 0 aliphatic rings. The summed E-state index contributed by atoms with van der Waals surface area (Å²) in [6.45, 7) is 0.277. The molecule has 0 aliphatic heterocycles. The van der Waals surface area contributed by atoms with Crippen LogP contribution >= 0.6 is 0 Å². The van der Waals surface area contributed by atoms with Crippen LogP contribution in [0, 0.1) is 0 Å². The minimum Gasteiger partial charge on any atom is -0.489 e. The van der Waals surface area contributed by atoms with Crippen molar-refractivity contribution >= 4 is 17.6 Å². The molecule has 0 atom stereocenters. The number of aromatic carboxylic acids is 1. The Hall–Kier alpha value is -3.54. The summed E-state index contributed by atoms with van der Waals surface area (Å²) in [5.74, 6) is -1.39. The smallest absolute Gasteiger partial charge is 0.371 e. The second-order valence-electron chi connectivity index (χ2n) is 5.18. The van der Waals surface area contributed by atoms with Gasteiger partial charge in [0, 0.05) is 11.3 Å². The van der Waals surface area contributed by atoms with E-state index in [1.807, 2.05) is 42.5 Å². The number of carbonyl (C=O) groups excluding carboxylic acids is 1. The maximum atomic E-state index is 12.2. The molecule has 1 aromatic heterocycles. The molecule has 0 spiro atoms. The summed E-state index contributed by atoms with van der Waals surface area (Å²) in [5.41, 5.74) is 1.35. The zero-order valence-electron chi connectivity index (χ0n) is 13.1. The Kier molecular flexibility index (Phi) is 4.80. The number of rotatable bonds is 6. The number of amides is 1. The summed E-state index contributed by atoms with van der Waals surface area (Å²) in [6.07, 6.45) is 0. The van der Waals surface area contributed by atoms with Crippen molar-refractivity contribution in [2.45, 2.75) is 6.61 Å². The van der Waals surface area contributed by atoms with Gasteiger partial charge in [-0.25, -0.2) is 4.79 Å². The molecule has 6 nitrogen and oxygen atoms in total. The first-order valence-electron chi connectivity index (χ1n) is 7.54. The largest absolute Gasteiger partial charge is 0.489 e. The average molecular weight is 337 g/mol. The molecule has 0 aliphatic carbocycles. The van der Waals surface area contributed by atoms with E-state index in [-0.39, 0.29) is 18.1 Å². The highest BCUT2D eigenvalue weighted by Crippen LogP contribution is 2.20.